The fourth-order valence-corrected chi connectivity index (χ4v) is 5.80. The maximum Gasteiger partial charge on any atom is 0.274 e. The van der Waals surface area contributed by atoms with E-state index >= 15 is 0 Å². The van der Waals surface area contributed by atoms with Crippen molar-refractivity contribution in [3.8, 4) is 28.4 Å². The number of benzene rings is 3. The Morgan fingerprint density at radius 2 is 1.57 bits per heavy atom. The largest absolute Gasteiger partial charge is 0.493 e. The quantitative estimate of drug-likeness (QED) is 0.300. The third kappa shape index (κ3) is 5.89. The van der Waals surface area contributed by atoms with Crippen molar-refractivity contribution in [1.82, 2.24) is 14.7 Å². The Balaban J connectivity index is 1.44. The first-order chi connectivity index (χ1) is 19.3. The van der Waals surface area contributed by atoms with Gasteiger partial charge < -0.3 is 14.4 Å². The first-order valence-electron chi connectivity index (χ1n) is 13.2. The van der Waals surface area contributed by atoms with Crippen molar-refractivity contribution in [2.24, 2.45) is 5.92 Å². The van der Waals surface area contributed by atoms with Crippen LogP contribution in [0.2, 0.25) is 0 Å². The summed E-state index contributed by atoms with van der Waals surface area (Å²) in [5.41, 5.74) is 3.75. The molecule has 1 aromatic heterocycles. The predicted octanol–water partition coefficient (Wildman–Crippen LogP) is 5.05. The SMILES string of the molecule is COc1ccc(-c2cc(C(=O)N3CCC(Cc4ccccc4)CC3)nn2-c2ccc(S(C)(=O)=O)cc2)cc1OC. The second kappa shape index (κ2) is 11.6. The van der Waals surface area contributed by atoms with Crippen LogP contribution in [0.15, 0.2) is 83.8 Å². The van der Waals surface area contributed by atoms with Crippen LogP contribution in [0.1, 0.15) is 28.9 Å². The minimum Gasteiger partial charge on any atom is -0.493 e. The molecule has 0 spiro atoms. The van der Waals surface area contributed by atoms with Gasteiger partial charge in [-0.25, -0.2) is 13.1 Å². The molecule has 1 aliphatic heterocycles. The van der Waals surface area contributed by atoms with Crippen molar-refractivity contribution in [2.75, 3.05) is 33.6 Å². The van der Waals surface area contributed by atoms with Crippen molar-refractivity contribution in [2.45, 2.75) is 24.2 Å². The van der Waals surface area contributed by atoms with Crippen molar-refractivity contribution >= 4 is 15.7 Å². The van der Waals surface area contributed by atoms with E-state index in [2.05, 4.69) is 24.3 Å². The molecule has 2 heterocycles. The number of hydrogen-bond acceptors (Lipinski definition) is 6. The van der Waals surface area contributed by atoms with Gasteiger partial charge in [-0.05, 0) is 79.3 Å². The van der Waals surface area contributed by atoms with Crippen LogP contribution in [-0.4, -0.2) is 62.6 Å². The summed E-state index contributed by atoms with van der Waals surface area (Å²) in [6.07, 6.45) is 4.07. The summed E-state index contributed by atoms with van der Waals surface area (Å²) in [6, 6.07) is 24.2. The Bertz CT molecular complexity index is 1590. The molecule has 1 aliphatic rings. The van der Waals surface area contributed by atoms with Gasteiger partial charge in [0.2, 0.25) is 0 Å². The molecular weight excluding hydrogens is 526 g/mol. The number of amides is 1. The number of carbonyl (C=O) groups is 1. The van der Waals surface area contributed by atoms with Crippen molar-refractivity contribution < 1.29 is 22.7 Å². The van der Waals surface area contributed by atoms with E-state index in [9.17, 15) is 13.2 Å². The number of methoxy groups -OCH3 is 2. The van der Waals surface area contributed by atoms with E-state index in [-0.39, 0.29) is 10.8 Å². The molecule has 1 amide bonds. The Morgan fingerprint density at radius 3 is 2.20 bits per heavy atom. The van der Waals surface area contributed by atoms with Crippen LogP contribution in [0.25, 0.3) is 16.9 Å². The average molecular weight is 560 g/mol. The number of sulfone groups is 1. The smallest absolute Gasteiger partial charge is 0.274 e. The lowest BCUT2D eigenvalue weighted by Crippen LogP contribution is -2.39. The number of rotatable bonds is 8. The molecule has 0 bridgehead atoms. The second-order valence-electron chi connectivity index (χ2n) is 10.1. The summed E-state index contributed by atoms with van der Waals surface area (Å²) < 4.78 is 36.6. The number of hydrogen-bond donors (Lipinski definition) is 0. The van der Waals surface area contributed by atoms with Crippen LogP contribution >= 0.6 is 0 Å². The first kappa shape index (κ1) is 27.5. The number of ether oxygens (including phenoxy) is 2. The Morgan fingerprint density at radius 1 is 0.900 bits per heavy atom. The lowest BCUT2D eigenvalue weighted by atomic mass is 9.90. The van der Waals surface area contributed by atoms with E-state index in [1.165, 1.54) is 11.8 Å². The van der Waals surface area contributed by atoms with Gasteiger partial charge >= 0.3 is 0 Å². The first-order valence-corrected chi connectivity index (χ1v) is 15.1. The van der Waals surface area contributed by atoms with Gasteiger partial charge in [0.1, 0.15) is 0 Å². The van der Waals surface area contributed by atoms with Crippen molar-refractivity contribution in [3.63, 3.8) is 0 Å². The summed E-state index contributed by atoms with van der Waals surface area (Å²) in [5.74, 6) is 1.56. The highest BCUT2D eigenvalue weighted by Gasteiger charge is 2.27. The third-order valence-corrected chi connectivity index (χ3v) is 8.51. The van der Waals surface area contributed by atoms with E-state index in [4.69, 9.17) is 14.6 Å². The molecular formula is C31H33N3O5S. The molecule has 1 saturated heterocycles. The molecule has 0 radical (unpaired) electrons. The monoisotopic (exact) mass is 559 g/mol. The van der Waals surface area contributed by atoms with E-state index in [0.29, 0.717) is 47.6 Å². The van der Waals surface area contributed by atoms with Crippen LogP contribution in [-0.2, 0) is 16.3 Å². The summed E-state index contributed by atoms with van der Waals surface area (Å²) in [6.45, 7) is 1.36. The highest BCUT2D eigenvalue weighted by molar-refractivity contribution is 7.90. The van der Waals surface area contributed by atoms with Crippen molar-refractivity contribution in [1.29, 1.82) is 0 Å². The molecule has 4 aromatic rings. The number of aromatic nitrogens is 2. The fourth-order valence-electron chi connectivity index (χ4n) is 5.17. The molecule has 3 aromatic carbocycles. The molecule has 5 rings (SSSR count). The standard InChI is InChI=1S/C31H33N3O5S/c1-38-29-14-9-24(20-30(29)39-2)28-21-27(32-34(28)25-10-12-26(13-11-25)40(3,36)37)31(35)33-17-15-23(16-18-33)19-22-7-5-4-6-8-22/h4-14,20-21,23H,15-19H2,1-3H3. The van der Waals surface area contributed by atoms with E-state index in [1.54, 1.807) is 55.3 Å². The summed E-state index contributed by atoms with van der Waals surface area (Å²) in [4.78, 5) is 15.7. The maximum absolute atomic E-state index is 13.6. The molecule has 1 fully saturated rings. The van der Waals surface area contributed by atoms with Gasteiger partial charge in [-0.2, -0.15) is 5.10 Å². The van der Waals surface area contributed by atoms with Gasteiger partial charge in [0.15, 0.2) is 27.0 Å². The van der Waals surface area contributed by atoms with Gasteiger partial charge in [-0.15, -0.1) is 0 Å². The summed E-state index contributed by atoms with van der Waals surface area (Å²) >= 11 is 0. The number of piperidine rings is 1. The highest BCUT2D eigenvalue weighted by Crippen LogP contribution is 2.34. The van der Waals surface area contributed by atoms with Crippen LogP contribution in [0.4, 0.5) is 0 Å². The maximum atomic E-state index is 13.6. The van der Waals surface area contributed by atoms with Gasteiger partial charge in [-0.3, -0.25) is 4.79 Å². The third-order valence-electron chi connectivity index (χ3n) is 7.39. The topological polar surface area (TPSA) is 90.7 Å². The predicted molar refractivity (Wildman–Crippen MR) is 154 cm³/mol. The lowest BCUT2D eigenvalue weighted by Gasteiger charge is -2.31. The van der Waals surface area contributed by atoms with E-state index < -0.39 is 9.84 Å². The second-order valence-corrected chi connectivity index (χ2v) is 12.1. The number of carbonyl (C=O) groups excluding carboxylic acids is 1. The molecule has 0 aliphatic carbocycles. The molecule has 9 heteroatoms. The average Bonchev–Trinajstić information content (AvgIpc) is 3.42. The Labute approximate surface area is 235 Å². The normalized spacial score (nSPS) is 14.2. The summed E-state index contributed by atoms with van der Waals surface area (Å²) in [5, 5.41) is 4.71. The molecule has 0 N–H and O–H groups in total. The highest BCUT2D eigenvalue weighted by atomic mass is 32.2. The lowest BCUT2D eigenvalue weighted by molar-refractivity contribution is 0.0684. The molecule has 0 unspecified atom stereocenters. The van der Waals surface area contributed by atoms with Gasteiger partial charge in [0, 0.05) is 24.9 Å². The minimum atomic E-state index is -3.35. The molecule has 0 saturated carbocycles. The van der Waals surface area contributed by atoms with E-state index in [0.717, 1.165) is 24.8 Å². The van der Waals surface area contributed by atoms with Crippen LogP contribution in [0.5, 0.6) is 11.5 Å². The summed E-state index contributed by atoms with van der Waals surface area (Å²) in [7, 11) is -0.206. The zero-order valence-corrected chi connectivity index (χ0v) is 23.7. The van der Waals surface area contributed by atoms with Gasteiger partial charge in [0.25, 0.3) is 5.91 Å². The Kier molecular flexibility index (Phi) is 7.93. The van der Waals surface area contributed by atoms with Gasteiger partial charge in [0.05, 0.1) is 30.5 Å². The van der Waals surface area contributed by atoms with Crippen molar-refractivity contribution in [3.05, 3.63) is 90.1 Å². The minimum absolute atomic E-state index is 0.119. The molecule has 40 heavy (non-hydrogen) atoms. The van der Waals surface area contributed by atoms with E-state index in [1.807, 2.05) is 23.1 Å². The van der Waals surface area contributed by atoms with Crippen LogP contribution < -0.4 is 9.47 Å². The van der Waals surface area contributed by atoms with Crippen LogP contribution in [0, 0.1) is 5.92 Å². The molecule has 0 atom stereocenters. The zero-order valence-electron chi connectivity index (χ0n) is 22.9. The van der Waals surface area contributed by atoms with Gasteiger partial charge in [-0.1, -0.05) is 30.3 Å². The number of nitrogens with zero attached hydrogens (tertiary/aromatic N) is 3. The zero-order chi connectivity index (χ0) is 28.3. The molecule has 208 valence electrons. The molecule has 8 nitrogen and oxygen atoms in total. The fraction of sp³-hybridized carbons (Fsp3) is 0.290. The number of likely N-dealkylation sites (tertiary alicyclic amines) is 1. The van der Waals surface area contributed by atoms with Crippen LogP contribution in [0.3, 0.4) is 0 Å². The Hall–Kier alpha value is -4.11.